The Morgan fingerprint density at radius 3 is 2.56 bits per heavy atom. The van der Waals surface area contributed by atoms with Crippen molar-refractivity contribution in [1.29, 1.82) is 0 Å². The summed E-state index contributed by atoms with van der Waals surface area (Å²) in [6.45, 7) is 7.49. The highest BCUT2D eigenvalue weighted by Gasteiger charge is 2.36. The molecule has 1 aliphatic heterocycles. The molecule has 1 saturated heterocycles. The van der Waals surface area contributed by atoms with Crippen LogP contribution in [0.25, 0.3) is 6.08 Å². The van der Waals surface area contributed by atoms with E-state index in [0.717, 1.165) is 24.4 Å². The van der Waals surface area contributed by atoms with Gasteiger partial charge in [-0.05, 0) is 43.4 Å². The Balaban J connectivity index is 1.44. The van der Waals surface area contributed by atoms with E-state index in [4.69, 9.17) is 4.42 Å². The predicted octanol–water partition coefficient (Wildman–Crippen LogP) is 3.18. The second kappa shape index (κ2) is 7.46. The fraction of sp³-hybridized carbons (Fsp3) is 0.600. The van der Waals surface area contributed by atoms with Gasteiger partial charge in [0, 0.05) is 37.0 Å². The molecule has 1 N–H and O–H groups in total. The lowest BCUT2D eigenvalue weighted by atomic mass is 10.0. The zero-order chi connectivity index (χ0) is 18.0. The molecule has 136 valence electrons. The summed E-state index contributed by atoms with van der Waals surface area (Å²) in [7, 11) is 0. The van der Waals surface area contributed by atoms with Crippen LogP contribution in [0.4, 0.5) is 0 Å². The molecule has 1 aromatic heterocycles. The molecule has 0 aromatic carbocycles. The molecule has 0 bridgehead atoms. The maximum Gasteiger partial charge on any atom is 0.244 e. The molecule has 2 heterocycles. The minimum Gasteiger partial charge on any atom is -0.461 e. The van der Waals surface area contributed by atoms with E-state index in [2.05, 4.69) is 12.2 Å². The van der Waals surface area contributed by atoms with Crippen molar-refractivity contribution in [2.24, 2.45) is 11.8 Å². The smallest absolute Gasteiger partial charge is 0.244 e. The molecule has 0 radical (unpaired) electrons. The van der Waals surface area contributed by atoms with Gasteiger partial charge < -0.3 is 14.6 Å². The first-order valence-corrected chi connectivity index (χ1v) is 9.31. The minimum absolute atomic E-state index is 0.0332. The number of carbonyl (C=O) groups excluding carboxylic acids is 2. The number of likely N-dealkylation sites (tertiary alicyclic amines) is 1. The summed E-state index contributed by atoms with van der Waals surface area (Å²) < 4.78 is 5.77. The highest BCUT2D eigenvalue weighted by Crippen LogP contribution is 2.47. The highest BCUT2D eigenvalue weighted by atomic mass is 16.3. The van der Waals surface area contributed by atoms with Gasteiger partial charge in [0.15, 0.2) is 0 Å². The van der Waals surface area contributed by atoms with E-state index in [1.165, 1.54) is 12.5 Å². The predicted molar refractivity (Wildman–Crippen MR) is 96.8 cm³/mol. The van der Waals surface area contributed by atoms with Crippen LogP contribution in [0, 0.1) is 11.8 Å². The van der Waals surface area contributed by atoms with Crippen LogP contribution in [0.3, 0.4) is 0 Å². The number of amides is 2. The fourth-order valence-corrected chi connectivity index (χ4v) is 3.39. The second-order valence-corrected chi connectivity index (χ2v) is 7.66. The van der Waals surface area contributed by atoms with Crippen molar-refractivity contribution in [3.63, 3.8) is 0 Å². The number of carbonyl (C=O) groups is 2. The summed E-state index contributed by atoms with van der Waals surface area (Å²) in [5.74, 6) is 3.13. The maximum atomic E-state index is 12.1. The maximum absolute atomic E-state index is 12.1. The lowest BCUT2D eigenvalue weighted by molar-refractivity contribution is -0.135. The first-order valence-electron chi connectivity index (χ1n) is 9.31. The number of rotatable bonds is 5. The molecule has 1 aromatic rings. The molecular weight excluding hydrogens is 316 g/mol. The lowest BCUT2D eigenvalue weighted by Crippen LogP contribution is -2.47. The van der Waals surface area contributed by atoms with Gasteiger partial charge in [0.2, 0.25) is 11.8 Å². The number of hydrogen-bond donors (Lipinski definition) is 1. The van der Waals surface area contributed by atoms with E-state index in [9.17, 15) is 9.59 Å². The Hall–Kier alpha value is -2.04. The normalized spacial score (nSPS) is 24.1. The third-order valence-corrected chi connectivity index (χ3v) is 5.17. The van der Waals surface area contributed by atoms with Crippen LogP contribution in [-0.4, -0.2) is 35.8 Å². The third-order valence-electron chi connectivity index (χ3n) is 5.17. The third kappa shape index (κ3) is 4.53. The van der Waals surface area contributed by atoms with Crippen LogP contribution in [0.15, 0.2) is 22.6 Å². The van der Waals surface area contributed by atoms with Crippen molar-refractivity contribution in [1.82, 2.24) is 10.2 Å². The van der Waals surface area contributed by atoms with Gasteiger partial charge in [-0.15, -0.1) is 0 Å². The molecule has 2 atom stereocenters. The summed E-state index contributed by atoms with van der Waals surface area (Å²) in [4.78, 5) is 26.0. The van der Waals surface area contributed by atoms with E-state index in [1.54, 1.807) is 6.08 Å². The molecule has 25 heavy (non-hydrogen) atoms. The molecule has 5 nitrogen and oxygen atoms in total. The van der Waals surface area contributed by atoms with Gasteiger partial charge in [0.05, 0.1) is 0 Å². The molecule has 2 amide bonds. The van der Waals surface area contributed by atoms with Crippen molar-refractivity contribution in [3.05, 3.63) is 29.7 Å². The molecule has 3 rings (SSSR count). The highest BCUT2D eigenvalue weighted by molar-refractivity contribution is 5.91. The van der Waals surface area contributed by atoms with Crippen LogP contribution < -0.4 is 5.32 Å². The van der Waals surface area contributed by atoms with Crippen LogP contribution in [0.1, 0.15) is 57.5 Å². The van der Waals surface area contributed by atoms with Crippen LogP contribution in [0.5, 0.6) is 0 Å². The second-order valence-electron chi connectivity index (χ2n) is 7.66. The van der Waals surface area contributed by atoms with Crippen LogP contribution in [0.2, 0.25) is 0 Å². The number of furan rings is 1. The summed E-state index contributed by atoms with van der Waals surface area (Å²) in [6, 6.07) is 4.06. The Kier molecular flexibility index (Phi) is 5.30. The van der Waals surface area contributed by atoms with Gasteiger partial charge in [-0.1, -0.05) is 20.8 Å². The van der Waals surface area contributed by atoms with Gasteiger partial charge in [0.25, 0.3) is 0 Å². The zero-order valence-corrected chi connectivity index (χ0v) is 15.3. The Morgan fingerprint density at radius 1 is 1.28 bits per heavy atom. The van der Waals surface area contributed by atoms with Crippen LogP contribution >= 0.6 is 0 Å². The van der Waals surface area contributed by atoms with Gasteiger partial charge in [-0.3, -0.25) is 9.59 Å². The van der Waals surface area contributed by atoms with E-state index in [0.29, 0.717) is 24.9 Å². The molecule has 2 fully saturated rings. The fourth-order valence-electron chi connectivity index (χ4n) is 3.39. The average Bonchev–Trinajstić information content (AvgIpc) is 3.13. The average molecular weight is 344 g/mol. The molecule has 2 unspecified atom stereocenters. The van der Waals surface area contributed by atoms with Crippen molar-refractivity contribution < 1.29 is 14.0 Å². The van der Waals surface area contributed by atoms with Crippen LogP contribution in [-0.2, 0) is 9.59 Å². The monoisotopic (exact) mass is 344 g/mol. The van der Waals surface area contributed by atoms with E-state index < -0.39 is 0 Å². The molecule has 0 spiro atoms. The van der Waals surface area contributed by atoms with Crippen molar-refractivity contribution >= 4 is 17.9 Å². The molecule has 1 aliphatic carbocycles. The number of hydrogen-bond acceptors (Lipinski definition) is 3. The van der Waals surface area contributed by atoms with Crippen molar-refractivity contribution in [2.75, 3.05) is 13.1 Å². The Bertz CT molecular complexity index is 654. The summed E-state index contributed by atoms with van der Waals surface area (Å²) >= 11 is 0. The number of nitrogens with one attached hydrogen (secondary N) is 1. The van der Waals surface area contributed by atoms with Gasteiger partial charge >= 0.3 is 0 Å². The molecule has 1 saturated carbocycles. The lowest BCUT2D eigenvalue weighted by Gasteiger charge is -2.33. The molecule has 5 heteroatoms. The Labute approximate surface area is 149 Å². The van der Waals surface area contributed by atoms with Gasteiger partial charge in [-0.25, -0.2) is 0 Å². The topological polar surface area (TPSA) is 62.6 Å². The van der Waals surface area contributed by atoms with Crippen molar-refractivity contribution in [3.8, 4) is 0 Å². The summed E-state index contributed by atoms with van der Waals surface area (Å²) in [6.07, 6.45) is 6.06. The van der Waals surface area contributed by atoms with E-state index in [1.807, 2.05) is 30.9 Å². The summed E-state index contributed by atoms with van der Waals surface area (Å²) in [5.41, 5.74) is 0. The first-order chi connectivity index (χ1) is 11.9. The van der Waals surface area contributed by atoms with E-state index >= 15 is 0 Å². The SMILES string of the molecule is CC(C)C(=O)N1CCC(NC(=O)C=Cc2ccc(C3CC3C)o2)CC1. The minimum atomic E-state index is -0.105. The number of piperidine rings is 1. The van der Waals surface area contributed by atoms with Crippen molar-refractivity contribution in [2.45, 2.75) is 52.0 Å². The van der Waals surface area contributed by atoms with Gasteiger partial charge in [-0.2, -0.15) is 0 Å². The first kappa shape index (κ1) is 17.8. The summed E-state index contributed by atoms with van der Waals surface area (Å²) in [5, 5.41) is 3.02. The largest absolute Gasteiger partial charge is 0.461 e. The zero-order valence-electron chi connectivity index (χ0n) is 15.3. The van der Waals surface area contributed by atoms with E-state index in [-0.39, 0.29) is 23.8 Å². The standard InChI is InChI=1S/C20H28N2O3/c1-13(2)20(24)22-10-8-15(9-11-22)21-19(23)7-5-16-4-6-18(25-16)17-12-14(17)3/h4-7,13-15,17H,8-12H2,1-3H3,(H,21,23). The molecule has 2 aliphatic rings. The molecular formula is C20H28N2O3. The quantitative estimate of drug-likeness (QED) is 0.835. The number of nitrogens with zero attached hydrogens (tertiary/aromatic N) is 1. The Morgan fingerprint density at radius 2 is 1.96 bits per heavy atom. The van der Waals surface area contributed by atoms with Gasteiger partial charge in [0.1, 0.15) is 11.5 Å².